The van der Waals surface area contributed by atoms with Crippen molar-refractivity contribution in [3.63, 3.8) is 0 Å². The van der Waals surface area contributed by atoms with Gasteiger partial charge >= 0.3 is 12.1 Å². The van der Waals surface area contributed by atoms with E-state index in [0.717, 1.165) is 31.5 Å². The number of rotatable bonds is 3. The predicted molar refractivity (Wildman–Crippen MR) is 99.9 cm³/mol. The van der Waals surface area contributed by atoms with Gasteiger partial charge in [-0.2, -0.15) is 13.2 Å². The molecule has 12 heteroatoms. The molecule has 1 unspecified atom stereocenters. The van der Waals surface area contributed by atoms with Crippen LogP contribution in [-0.4, -0.2) is 70.8 Å². The van der Waals surface area contributed by atoms with Crippen molar-refractivity contribution in [3.05, 3.63) is 29.1 Å². The first-order valence-corrected chi connectivity index (χ1v) is 8.99. The van der Waals surface area contributed by atoms with E-state index in [1.807, 2.05) is 0 Å². The lowest BCUT2D eigenvalue weighted by atomic mass is 9.72. The fourth-order valence-electron chi connectivity index (χ4n) is 3.51. The van der Waals surface area contributed by atoms with Gasteiger partial charge in [0.15, 0.2) is 0 Å². The summed E-state index contributed by atoms with van der Waals surface area (Å²) in [5.74, 6) is -3.62. The van der Waals surface area contributed by atoms with Gasteiger partial charge in [-0.1, -0.05) is 0 Å². The molecule has 0 saturated carbocycles. The first-order valence-electron chi connectivity index (χ1n) is 8.99. The minimum atomic E-state index is -5.08. The first kappa shape index (κ1) is 23.3. The molecular weight excluding hydrogens is 407 g/mol. The van der Waals surface area contributed by atoms with Crippen molar-refractivity contribution in [2.75, 3.05) is 20.1 Å². The maximum Gasteiger partial charge on any atom is 0.490 e. The number of fused-ring (bicyclic) bond motifs is 1. The van der Waals surface area contributed by atoms with Gasteiger partial charge in [-0.05, 0) is 50.5 Å². The molecule has 0 bridgehead atoms. The van der Waals surface area contributed by atoms with E-state index in [1.165, 1.54) is 6.20 Å². The number of pyridine rings is 1. The fraction of sp³-hybridized carbons (Fsp3) is 0.500. The van der Waals surface area contributed by atoms with Crippen LogP contribution in [0.25, 0.3) is 0 Å². The lowest BCUT2D eigenvalue weighted by Gasteiger charge is -2.41. The second kappa shape index (κ2) is 8.78. The SMILES string of the molecule is CN1CCC(C2(C(N)=O)Cc3cc(C(N)=O)cnc3C=N2)CC1.O=C(O)C(F)(F)F. The molecule has 1 atom stereocenters. The number of likely N-dealkylation sites (tertiary alicyclic amines) is 1. The normalized spacial score (nSPS) is 21.9. The highest BCUT2D eigenvalue weighted by atomic mass is 19.4. The number of hydrogen-bond acceptors (Lipinski definition) is 6. The van der Waals surface area contributed by atoms with E-state index in [0.29, 0.717) is 17.7 Å². The van der Waals surface area contributed by atoms with Crippen LogP contribution in [-0.2, 0) is 16.0 Å². The summed E-state index contributed by atoms with van der Waals surface area (Å²) in [6, 6.07) is 1.70. The monoisotopic (exact) mass is 429 g/mol. The number of hydrogen-bond donors (Lipinski definition) is 3. The summed E-state index contributed by atoms with van der Waals surface area (Å²) in [6.45, 7) is 1.84. The second-order valence-electron chi connectivity index (χ2n) is 7.24. The van der Waals surface area contributed by atoms with Crippen LogP contribution in [0.3, 0.4) is 0 Å². The molecule has 1 aromatic rings. The smallest absolute Gasteiger partial charge is 0.475 e. The predicted octanol–water partition coefficient (Wildman–Crippen LogP) is 0.355. The molecule has 0 radical (unpaired) electrons. The quantitative estimate of drug-likeness (QED) is 0.631. The number of amides is 2. The molecule has 2 aliphatic rings. The second-order valence-corrected chi connectivity index (χ2v) is 7.24. The molecule has 2 aliphatic heterocycles. The minimum Gasteiger partial charge on any atom is -0.475 e. The number of primary amides is 2. The summed E-state index contributed by atoms with van der Waals surface area (Å²) in [6.07, 6.45) is 0.0630. The Labute approximate surface area is 169 Å². The Morgan fingerprint density at radius 1 is 1.23 bits per heavy atom. The van der Waals surface area contributed by atoms with Crippen molar-refractivity contribution in [2.24, 2.45) is 22.4 Å². The van der Waals surface area contributed by atoms with Crippen molar-refractivity contribution in [1.82, 2.24) is 9.88 Å². The molecule has 1 aromatic heterocycles. The maximum absolute atomic E-state index is 12.3. The third kappa shape index (κ3) is 5.12. The zero-order valence-corrected chi connectivity index (χ0v) is 16.1. The van der Waals surface area contributed by atoms with Gasteiger partial charge in [-0.25, -0.2) is 4.79 Å². The van der Waals surface area contributed by atoms with Crippen LogP contribution >= 0.6 is 0 Å². The molecule has 30 heavy (non-hydrogen) atoms. The van der Waals surface area contributed by atoms with Crippen LogP contribution in [0.5, 0.6) is 0 Å². The number of aromatic nitrogens is 1. The van der Waals surface area contributed by atoms with E-state index < -0.39 is 29.5 Å². The van der Waals surface area contributed by atoms with E-state index in [1.54, 1.807) is 12.3 Å². The van der Waals surface area contributed by atoms with E-state index in [9.17, 15) is 22.8 Å². The number of alkyl halides is 3. The topological polar surface area (TPSA) is 152 Å². The molecule has 5 N–H and O–H groups in total. The summed E-state index contributed by atoms with van der Waals surface area (Å²) in [5, 5.41) is 7.12. The van der Waals surface area contributed by atoms with Gasteiger partial charge in [-0.3, -0.25) is 19.6 Å². The number of aliphatic imine (C=N–C) groups is 1. The van der Waals surface area contributed by atoms with Gasteiger partial charge in [0.2, 0.25) is 11.8 Å². The number of carbonyl (C=O) groups excluding carboxylic acids is 2. The van der Waals surface area contributed by atoms with E-state index >= 15 is 0 Å². The van der Waals surface area contributed by atoms with E-state index in [4.69, 9.17) is 21.4 Å². The summed E-state index contributed by atoms with van der Waals surface area (Å²) in [4.78, 5) is 43.5. The fourth-order valence-corrected chi connectivity index (χ4v) is 3.51. The lowest BCUT2D eigenvalue weighted by molar-refractivity contribution is -0.192. The van der Waals surface area contributed by atoms with Crippen LogP contribution in [0.2, 0.25) is 0 Å². The Hall–Kier alpha value is -3.02. The molecule has 0 aliphatic carbocycles. The van der Waals surface area contributed by atoms with Gasteiger partial charge in [0, 0.05) is 18.8 Å². The molecular formula is C18H22F3N5O4. The van der Waals surface area contributed by atoms with Crippen LogP contribution < -0.4 is 11.5 Å². The number of piperidine rings is 1. The highest BCUT2D eigenvalue weighted by Crippen LogP contribution is 2.36. The summed E-state index contributed by atoms with van der Waals surface area (Å²) < 4.78 is 31.7. The van der Waals surface area contributed by atoms with Crippen molar-refractivity contribution >= 4 is 24.0 Å². The van der Waals surface area contributed by atoms with Gasteiger partial charge in [-0.15, -0.1) is 0 Å². The largest absolute Gasteiger partial charge is 0.490 e. The number of nitrogens with two attached hydrogens (primary N) is 2. The zero-order valence-electron chi connectivity index (χ0n) is 16.1. The Kier molecular flexibility index (Phi) is 6.80. The van der Waals surface area contributed by atoms with Crippen molar-refractivity contribution < 1.29 is 32.7 Å². The number of halogens is 3. The maximum atomic E-state index is 12.3. The average molecular weight is 429 g/mol. The van der Waals surface area contributed by atoms with Crippen LogP contribution in [0.15, 0.2) is 17.3 Å². The number of nitrogens with zero attached hydrogens (tertiary/aromatic N) is 3. The van der Waals surface area contributed by atoms with Gasteiger partial charge in [0.1, 0.15) is 5.54 Å². The number of carboxylic acid groups (broad SMARTS) is 1. The number of aliphatic carboxylic acids is 1. The van der Waals surface area contributed by atoms with Gasteiger partial charge in [0.25, 0.3) is 0 Å². The Morgan fingerprint density at radius 3 is 2.27 bits per heavy atom. The highest BCUT2D eigenvalue weighted by Gasteiger charge is 2.46. The van der Waals surface area contributed by atoms with Crippen LogP contribution in [0.1, 0.15) is 34.5 Å². The third-order valence-electron chi connectivity index (χ3n) is 5.23. The van der Waals surface area contributed by atoms with Crippen LogP contribution in [0.4, 0.5) is 13.2 Å². The van der Waals surface area contributed by atoms with E-state index in [-0.39, 0.29) is 5.92 Å². The molecule has 3 heterocycles. The molecule has 3 rings (SSSR count). The molecule has 0 spiro atoms. The third-order valence-corrected chi connectivity index (χ3v) is 5.23. The van der Waals surface area contributed by atoms with Crippen molar-refractivity contribution in [2.45, 2.75) is 31.0 Å². The van der Waals surface area contributed by atoms with Crippen LogP contribution in [0, 0.1) is 5.92 Å². The lowest BCUT2D eigenvalue weighted by Crippen LogP contribution is -2.54. The summed E-state index contributed by atoms with van der Waals surface area (Å²) >= 11 is 0. The molecule has 0 aromatic carbocycles. The molecule has 164 valence electrons. The van der Waals surface area contributed by atoms with Gasteiger partial charge < -0.3 is 21.5 Å². The molecule has 1 fully saturated rings. The zero-order chi connectivity index (χ0) is 22.7. The first-order chi connectivity index (χ1) is 13.9. The minimum absolute atomic E-state index is 0.0952. The number of carboxylic acids is 1. The van der Waals surface area contributed by atoms with Crippen molar-refractivity contribution in [3.8, 4) is 0 Å². The Balaban J connectivity index is 0.000000396. The van der Waals surface area contributed by atoms with Gasteiger partial charge in [0.05, 0.1) is 11.3 Å². The van der Waals surface area contributed by atoms with E-state index in [2.05, 4.69) is 21.9 Å². The highest BCUT2D eigenvalue weighted by molar-refractivity contribution is 5.95. The molecule has 9 nitrogen and oxygen atoms in total. The Morgan fingerprint density at radius 2 is 1.80 bits per heavy atom. The van der Waals surface area contributed by atoms with Crippen molar-refractivity contribution in [1.29, 1.82) is 0 Å². The standard InChI is InChI=1S/C16H21N5O2.C2HF3O2/c1-21-4-2-12(3-5-21)16(15(18)23)7-10-6-11(14(17)22)8-19-13(10)9-20-16;3-2(4,5)1(6)7/h6,8-9,12H,2-5,7H2,1H3,(H2,17,22)(H2,18,23);(H,6,7). The average Bonchev–Trinajstić information content (AvgIpc) is 2.67. The summed E-state index contributed by atoms with van der Waals surface area (Å²) in [5.41, 5.74) is 11.9. The number of carbonyl (C=O) groups is 3. The molecule has 1 saturated heterocycles. The molecule has 2 amide bonds. The summed E-state index contributed by atoms with van der Waals surface area (Å²) in [7, 11) is 2.07. The Bertz CT molecular complexity index is 866.